The fourth-order valence-electron chi connectivity index (χ4n) is 0.730. The molecule has 1 rings (SSSR count). The van der Waals surface area contributed by atoms with Crippen molar-refractivity contribution in [1.82, 2.24) is 4.98 Å². The molecule has 1 aromatic heterocycles. The molecule has 0 radical (unpaired) electrons. The molecule has 0 saturated carbocycles. The molecule has 0 aliphatic heterocycles. The standard InChI is InChI=1S/C8H9BrN2.ClH/c1-2-6(10)7-4-3-5-8(9)11-7;/h2-6H,1,10H2;1H/t6-;/m1./s1. The first-order valence-corrected chi connectivity index (χ1v) is 4.04. The third-order valence-corrected chi connectivity index (χ3v) is 1.77. The van der Waals surface area contributed by atoms with Gasteiger partial charge in [0.05, 0.1) is 11.7 Å². The molecule has 0 spiro atoms. The summed E-state index contributed by atoms with van der Waals surface area (Å²) in [4.78, 5) is 4.16. The summed E-state index contributed by atoms with van der Waals surface area (Å²) in [6.07, 6.45) is 1.66. The SMILES string of the molecule is C=C[C@@H](N)c1cccc(Br)n1.Cl. The van der Waals surface area contributed by atoms with Gasteiger partial charge in [0.15, 0.2) is 0 Å². The molecule has 0 amide bonds. The number of nitrogens with zero attached hydrogens (tertiary/aromatic N) is 1. The smallest absolute Gasteiger partial charge is 0.106 e. The van der Waals surface area contributed by atoms with Crippen LogP contribution in [0.15, 0.2) is 35.5 Å². The van der Waals surface area contributed by atoms with Crippen LogP contribution < -0.4 is 5.73 Å². The lowest BCUT2D eigenvalue weighted by Gasteiger charge is -2.04. The molecule has 0 bridgehead atoms. The van der Waals surface area contributed by atoms with Crippen molar-refractivity contribution in [2.24, 2.45) is 5.73 Å². The molecule has 1 atom stereocenters. The molecule has 66 valence electrons. The number of hydrogen-bond donors (Lipinski definition) is 1. The van der Waals surface area contributed by atoms with Gasteiger partial charge in [-0.1, -0.05) is 12.1 Å². The van der Waals surface area contributed by atoms with Gasteiger partial charge in [-0.05, 0) is 28.1 Å². The van der Waals surface area contributed by atoms with E-state index in [1.165, 1.54) is 0 Å². The van der Waals surface area contributed by atoms with E-state index in [1.54, 1.807) is 6.08 Å². The van der Waals surface area contributed by atoms with Crippen LogP contribution in [-0.4, -0.2) is 4.98 Å². The van der Waals surface area contributed by atoms with E-state index in [2.05, 4.69) is 27.5 Å². The van der Waals surface area contributed by atoms with Crippen LogP contribution in [0.2, 0.25) is 0 Å². The Labute approximate surface area is 86.4 Å². The molecular weight excluding hydrogens is 239 g/mol. The lowest BCUT2D eigenvalue weighted by Crippen LogP contribution is -2.08. The van der Waals surface area contributed by atoms with E-state index in [9.17, 15) is 0 Å². The van der Waals surface area contributed by atoms with Crippen LogP contribution in [-0.2, 0) is 0 Å². The maximum Gasteiger partial charge on any atom is 0.106 e. The highest BCUT2D eigenvalue weighted by Crippen LogP contribution is 2.11. The van der Waals surface area contributed by atoms with Gasteiger partial charge in [-0.25, -0.2) is 4.98 Å². The van der Waals surface area contributed by atoms with Crippen molar-refractivity contribution in [1.29, 1.82) is 0 Å². The van der Waals surface area contributed by atoms with E-state index >= 15 is 0 Å². The summed E-state index contributed by atoms with van der Waals surface area (Å²) in [5.74, 6) is 0. The Kier molecular flexibility index (Phi) is 5.13. The highest BCUT2D eigenvalue weighted by atomic mass is 79.9. The molecular formula is C8H10BrClN2. The third-order valence-electron chi connectivity index (χ3n) is 1.33. The van der Waals surface area contributed by atoms with Crippen molar-refractivity contribution in [3.05, 3.63) is 41.2 Å². The molecule has 0 aromatic carbocycles. The van der Waals surface area contributed by atoms with Gasteiger partial charge in [0.1, 0.15) is 4.60 Å². The molecule has 0 aliphatic rings. The van der Waals surface area contributed by atoms with Crippen molar-refractivity contribution in [2.45, 2.75) is 6.04 Å². The number of aromatic nitrogens is 1. The summed E-state index contributed by atoms with van der Waals surface area (Å²) >= 11 is 3.26. The lowest BCUT2D eigenvalue weighted by atomic mass is 10.2. The van der Waals surface area contributed by atoms with E-state index in [0.29, 0.717) is 0 Å². The predicted molar refractivity (Wildman–Crippen MR) is 56.3 cm³/mol. The normalized spacial score (nSPS) is 11.5. The zero-order valence-electron chi connectivity index (χ0n) is 6.40. The number of pyridine rings is 1. The quantitative estimate of drug-likeness (QED) is 0.646. The number of halogens is 2. The van der Waals surface area contributed by atoms with Gasteiger partial charge >= 0.3 is 0 Å². The summed E-state index contributed by atoms with van der Waals surface area (Å²) in [6, 6.07) is 5.46. The average Bonchev–Trinajstić information content (AvgIpc) is 2.03. The first-order chi connectivity index (χ1) is 5.24. The van der Waals surface area contributed by atoms with Gasteiger partial charge in [-0.15, -0.1) is 19.0 Å². The molecule has 2 N–H and O–H groups in total. The van der Waals surface area contributed by atoms with Gasteiger partial charge < -0.3 is 5.73 Å². The summed E-state index contributed by atoms with van der Waals surface area (Å²) < 4.78 is 0.798. The number of nitrogens with two attached hydrogens (primary N) is 1. The Bertz CT molecular complexity index is 265. The summed E-state index contributed by atoms with van der Waals surface area (Å²) in [5.41, 5.74) is 6.49. The Morgan fingerprint density at radius 2 is 2.25 bits per heavy atom. The molecule has 12 heavy (non-hydrogen) atoms. The van der Waals surface area contributed by atoms with Crippen LogP contribution in [0, 0.1) is 0 Å². The monoisotopic (exact) mass is 248 g/mol. The van der Waals surface area contributed by atoms with Crippen molar-refractivity contribution in [3.8, 4) is 0 Å². The van der Waals surface area contributed by atoms with E-state index in [-0.39, 0.29) is 18.4 Å². The fraction of sp³-hybridized carbons (Fsp3) is 0.125. The van der Waals surface area contributed by atoms with Gasteiger partial charge in [0.2, 0.25) is 0 Å². The highest BCUT2D eigenvalue weighted by molar-refractivity contribution is 9.10. The van der Waals surface area contributed by atoms with Crippen molar-refractivity contribution in [2.75, 3.05) is 0 Å². The molecule has 1 heterocycles. The lowest BCUT2D eigenvalue weighted by molar-refractivity contribution is 0.859. The fourth-order valence-corrected chi connectivity index (χ4v) is 1.09. The van der Waals surface area contributed by atoms with Gasteiger partial charge in [-0.2, -0.15) is 0 Å². The third kappa shape index (κ3) is 2.93. The summed E-state index contributed by atoms with van der Waals surface area (Å²) in [7, 11) is 0. The maximum atomic E-state index is 5.66. The predicted octanol–water partition coefficient (Wildman–Crippen LogP) is 2.45. The topological polar surface area (TPSA) is 38.9 Å². The van der Waals surface area contributed by atoms with Gasteiger partial charge in [-0.3, -0.25) is 0 Å². The minimum atomic E-state index is -0.174. The van der Waals surface area contributed by atoms with Crippen molar-refractivity contribution in [3.63, 3.8) is 0 Å². The van der Waals surface area contributed by atoms with Crippen molar-refractivity contribution >= 4 is 28.3 Å². The Balaban J connectivity index is 0.00000121. The van der Waals surface area contributed by atoms with Crippen molar-refractivity contribution < 1.29 is 0 Å². The van der Waals surface area contributed by atoms with Crippen LogP contribution in [0.5, 0.6) is 0 Å². The molecule has 0 aliphatic carbocycles. The van der Waals surface area contributed by atoms with Gasteiger partial charge in [0.25, 0.3) is 0 Å². The number of rotatable bonds is 2. The van der Waals surface area contributed by atoms with Crippen LogP contribution in [0.4, 0.5) is 0 Å². The summed E-state index contributed by atoms with van der Waals surface area (Å²) in [6.45, 7) is 3.59. The second-order valence-corrected chi connectivity index (χ2v) is 2.96. The maximum absolute atomic E-state index is 5.66. The minimum Gasteiger partial charge on any atom is -0.319 e. The van der Waals surface area contributed by atoms with Crippen LogP contribution in [0.3, 0.4) is 0 Å². The zero-order chi connectivity index (χ0) is 8.27. The first-order valence-electron chi connectivity index (χ1n) is 3.24. The Hall–Kier alpha value is -0.380. The highest BCUT2D eigenvalue weighted by Gasteiger charge is 2.01. The second-order valence-electron chi connectivity index (χ2n) is 2.15. The van der Waals surface area contributed by atoms with E-state index in [4.69, 9.17) is 5.73 Å². The molecule has 0 fully saturated rings. The molecule has 1 aromatic rings. The molecule has 2 nitrogen and oxygen atoms in total. The van der Waals surface area contributed by atoms with E-state index in [0.717, 1.165) is 10.3 Å². The van der Waals surface area contributed by atoms with Crippen LogP contribution in [0.1, 0.15) is 11.7 Å². The Morgan fingerprint density at radius 3 is 2.75 bits per heavy atom. The molecule has 0 saturated heterocycles. The largest absolute Gasteiger partial charge is 0.319 e. The second kappa shape index (κ2) is 5.30. The van der Waals surface area contributed by atoms with E-state index < -0.39 is 0 Å². The molecule has 4 heteroatoms. The number of hydrogen-bond acceptors (Lipinski definition) is 2. The summed E-state index contributed by atoms with van der Waals surface area (Å²) in [5, 5.41) is 0. The molecule has 0 unspecified atom stereocenters. The van der Waals surface area contributed by atoms with Gasteiger partial charge in [0, 0.05) is 0 Å². The Morgan fingerprint density at radius 1 is 1.58 bits per heavy atom. The average molecular weight is 250 g/mol. The zero-order valence-corrected chi connectivity index (χ0v) is 8.81. The van der Waals surface area contributed by atoms with Crippen LogP contribution in [0.25, 0.3) is 0 Å². The first kappa shape index (κ1) is 11.6. The van der Waals surface area contributed by atoms with Crippen LogP contribution >= 0.6 is 28.3 Å². The minimum absolute atomic E-state index is 0. The van der Waals surface area contributed by atoms with E-state index in [1.807, 2.05) is 18.2 Å².